The van der Waals surface area contributed by atoms with Gasteiger partial charge in [-0.15, -0.1) is 0 Å². The molecule has 0 amide bonds. The van der Waals surface area contributed by atoms with Crippen LogP contribution in [0.5, 0.6) is 5.75 Å². The number of fused-ring (bicyclic) bond motifs is 1. The van der Waals surface area contributed by atoms with Crippen molar-refractivity contribution < 1.29 is 18.6 Å². The normalized spacial score (nSPS) is 20.0. The number of hydrogen-bond acceptors (Lipinski definition) is 5. The number of ether oxygens (including phenoxy) is 3. The van der Waals surface area contributed by atoms with E-state index in [1.54, 1.807) is 14.2 Å². The fourth-order valence-corrected chi connectivity index (χ4v) is 5.08. The van der Waals surface area contributed by atoms with Crippen molar-refractivity contribution in [2.45, 2.75) is 45.2 Å². The fraction of sp³-hybridized carbons (Fsp3) is 0.440. The molecule has 0 N–H and O–H groups in total. The van der Waals surface area contributed by atoms with E-state index in [1.165, 1.54) is 12.1 Å². The monoisotopic (exact) mass is 492 g/mol. The Morgan fingerprint density at radius 3 is 2.42 bits per heavy atom. The molecule has 0 radical (unpaired) electrons. The smallest absolute Gasteiger partial charge is 0.209 e. The quantitative estimate of drug-likeness (QED) is 0.513. The zero-order valence-electron chi connectivity index (χ0n) is 19.1. The van der Waals surface area contributed by atoms with Gasteiger partial charge in [0.05, 0.1) is 30.9 Å². The van der Waals surface area contributed by atoms with Crippen LogP contribution in [0.15, 0.2) is 34.3 Å². The maximum Gasteiger partial charge on any atom is 0.209 e. The minimum Gasteiger partial charge on any atom is -0.493 e. The topological polar surface area (TPSA) is 52.4 Å². The van der Waals surface area contributed by atoms with Crippen molar-refractivity contribution in [3.63, 3.8) is 0 Å². The molecule has 2 heterocycles. The van der Waals surface area contributed by atoms with Crippen LogP contribution in [0, 0.1) is 11.7 Å². The van der Waals surface area contributed by atoms with Crippen LogP contribution in [0.2, 0.25) is 10.0 Å². The number of aliphatic imine (C=N–C) groups is 2. The lowest BCUT2D eigenvalue weighted by molar-refractivity contribution is 0.288. The van der Waals surface area contributed by atoms with Gasteiger partial charge in [-0.1, -0.05) is 49.2 Å². The van der Waals surface area contributed by atoms with Crippen LogP contribution in [0.4, 0.5) is 4.39 Å². The standard InChI is InChI=1S/C25H27Cl2FN2O3/c1-13(2)22-25(32-4)29-20(24(30-22)31-3)10-14-7-8-17(23-16(14)6-5-9-33-23)21-18(26)11-15(28)12-19(21)27/h7-8,11-13,20,22H,5-6,9-10H2,1-4H3/t20-,22+/m0/s1. The lowest BCUT2D eigenvalue weighted by atomic mass is 9.90. The average Bonchev–Trinajstić information content (AvgIpc) is 2.79. The third-order valence-corrected chi connectivity index (χ3v) is 6.60. The van der Waals surface area contributed by atoms with Gasteiger partial charge >= 0.3 is 0 Å². The highest BCUT2D eigenvalue weighted by Gasteiger charge is 2.32. The van der Waals surface area contributed by atoms with Crippen molar-refractivity contribution in [2.75, 3.05) is 20.8 Å². The van der Waals surface area contributed by atoms with Gasteiger partial charge in [-0.25, -0.2) is 14.4 Å². The molecule has 5 nitrogen and oxygen atoms in total. The number of hydrogen-bond donors (Lipinski definition) is 0. The average molecular weight is 493 g/mol. The molecular formula is C25H27Cl2FN2O3. The van der Waals surface area contributed by atoms with Crippen LogP contribution in [-0.2, 0) is 22.3 Å². The van der Waals surface area contributed by atoms with Gasteiger partial charge in [-0.3, -0.25) is 0 Å². The van der Waals surface area contributed by atoms with Crippen LogP contribution < -0.4 is 4.74 Å². The van der Waals surface area contributed by atoms with Crippen LogP contribution in [0.25, 0.3) is 11.1 Å². The Morgan fingerprint density at radius 1 is 1.09 bits per heavy atom. The Hall–Kier alpha value is -2.31. The molecule has 0 aromatic heterocycles. The minimum absolute atomic E-state index is 0.163. The highest BCUT2D eigenvalue weighted by atomic mass is 35.5. The molecule has 2 aliphatic rings. The van der Waals surface area contributed by atoms with Gasteiger partial charge in [0.2, 0.25) is 11.8 Å². The Morgan fingerprint density at radius 2 is 1.79 bits per heavy atom. The van der Waals surface area contributed by atoms with E-state index in [9.17, 15) is 4.39 Å². The van der Waals surface area contributed by atoms with E-state index < -0.39 is 5.82 Å². The molecule has 0 spiro atoms. The van der Waals surface area contributed by atoms with E-state index >= 15 is 0 Å². The van der Waals surface area contributed by atoms with E-state index in [4.69, 9.17) is 47.4 Å². The zero-order chi connectivity index (χ0) is 23.7. The Kier molecular flexibility index (Phi) is 7.15. The SMILES string of the molecule is COC1=N[C@H](C(C)C)C(OC)=N[C@H]1Cc1ccc(-c2c(Cl)cc(F)cc2Cl)c2c1CCCO2. The third-order valence-electron chi connectivity index (χ3n) is 6.00. The van der Waals surface area contributed by atoms with Crippen molar-refractivity contribution in [2.24, 2.45) is 15.9 Å². The summed E-state index contributed by atoms with van der Waals surface area (Å²) in [4.78, 5) is 9.61. The van der Waals surface area contributed by atoms with Crippen molar-refractivity contribution in [1.82, 2.24) is 0 Å². The van der Waals surface area contributed by atoms with Gasteiger partial charge in [-0.05, 0) is 42.0 Å². The maximum atomic E-state index is 13.8. The predicted molar refractivity (Wildman–Crippen MR) is 131 cm³/mol. The molecule has 0 saturated heterocycles. The van der Waals surface area contributed by atoms with E-state index in [0.717, 1.165) is 35.3 Å². The lowest BCUT2D eigenvalue weighted by Crippen LogP contribution is -2.38. The van der Waals surface area contributed by atoms with E-state index in [0.29, 0.717) is 30.4 Å². The summed E-state index contributed by atoms with van der Waals surface area (Å²) in [6, 6.07) is 6.03. The van der Waals surface area contributed by atoms with Crippen LogP contribution in [0.1, 0.15) is 31.4 Å². The van der Waals surface area contributed by atoms with E-state index in [-0.39, 0.29) is 28.0 Å². The van der Waals surface area contributed by atoms with Gasteiger partial charge in [0.1, 0.15) is 23.7 Å². The second kappa shape index (κ2) is 9.90. The number of nitrogens with zero attached hydrogens (tertiary/aromatic N) is 2. The van der Waals surface area contributed by atoms with Gasteiger partial charge in [0.15, 0.2) is 0 Å². The first kappa shape index (κ1) is 23.8. The van der Waals surface area contributed by atoms with E-state index in [2.05, 4.69) is 13.8 Å². The first-order valence-corrected chi connectivity index (χ1v) is 11.8. The molecule has 2 aromatic rings. The van der Waals surface area contributed by atoms with E-state index in [1.807, 2.05) is 12.1 Å². The summed E-state index contributed by atoms with van der Waals surface area (Å²) in [5, 5.41) is 0.499. The van der Waals surface area contributed by atoms with Gasteiger partial charge < -0.3 is 14.2 Å². The summed E-state index contributed by atoms with van der Waals surface area (Å²) in [5.74, 6) is 1.70. The molecule has 0 saturated carbocycles. The molecule has 0 fully saturated rings. The van der Waals surface area contributed by atoms with Gasteiger partial charge in [-0.2, -0.15) is 0 Å². The number of benzene rings is 2. The Labute approximate surface area is 203 Å². The highest BCUT2D eigenvalue weighted by Crippen LogP contribution is 2.44. The molecule has 2 aromatic carbocycles. The van der Waals surface area contributed by atoms with Crippen molar-refractivity contribution in [3.8, 4) is 16.9 Å². The largest absolute Gasteiger partial charge is 0.493 e. The molecule has 4 rings (SSSR count). The summed E-state index contributed by atoms with van der Waals surface area (Å²) in [6.07, 6.45) is 2.32. The predicted octanol–water partition coefficient (Wildman–Crippen LogP) is 6.16. The molecule has 0 unspecified atom stereocenters. The zero-order valence-corrected chi connectivity index (χ0v) is 20.6. The maximum absolute atomic E-state index is 13.8. The van der Waals surface area contributed by atoms with Crippen molar-refractivity contribution >= 4 is 35.0 Å². The molecule has 2 aliphatic heterocycles. The van der Waals surface area contributed by atoms with Crippen molar-refractivity contribution in [3.05, 3.63) is 51.3 Å². The summed E-state index contributed by atoms with van der Waals surface area (Å²) in [7, 11) is 3.25. The molecule has 0 aliphatic carbocycles. The second-order valence-electron chi connectivity index (χ2n) is 8.53. The van der Waals surface area contributed by atoms with Gasteiger partial charge in [0.25, 0.3) is 0 Å². The number of methoxy groups -OCH3 is 2. The van der Waals surface area contributed by atoms with Crippen molar-refractivity contribution in [1.29, 1.82) is 0 Å². The molecular weight excluding hydrogens is 466 g/mol. The summed E-state index contributed by atoms with van der Waals surface area (Å²) in [6.45, 7) is 4.75. The summed E-state index contributed by atoms with van der Waals surface area (Å²) in [5.41, 5.74) is 3.49. The number of halogens is 3. The molecule has 2 atom stereocenters. The van der Waals surface area contributed by atoms with Crippen LogP contribution >= 0.6 is 23.2 Å². The lowest BCUT2D eigenvalue weighted by Gasteiger charge is -2.29. The van der Waals surface area contributed by atoms with Crippen LogP contribution in [-0.4, -0.2) is 44.7 Å². The third kappa shape index (κ3) is 4.69. The Balaban J connectivity index is 1.75. The summed E-state index contributed by atoms with van der Waals surface area (Å²) >= 11 is 12.7. The molecule has 176 valence electrons. The first-order valence-electron chi connectivity index (χ1n) is 11.0. The highest BCUT2D eigenvalue weighted by molar-refractivity contribution is 6.39. The Bertz CT molecular complexity index is 1090. The fourth-order valence-electron chi connectivity index (χ4n) is 4.42. The van der Waals surface area contributed by atoms with Gasteiger partial charge in [0, 0.05) is 17.5 Å². The molecule has 33 heavy (non-hydrogen) atoms. The molecule has 0 bridgehead atoms. The summed E-state index contributed by atoms with van der Waals surface area (Å²) < 4.78 is 31.0. The molecule has 8 heteroatoms. The second-order valence-corrected chi connectivity index (χ2v) is 9.34. The van der Waals surface area contributed by atoms with Crippen LogP contribution in [0.3, 0.4) is 0 Å². The number of rotatable bonds is 4. The first-order chi connectivity index (χ1) is 15.8. The minimum atomic E-state index is -0.477.